The first-order chi connectivity index (χ1) is 11.1. The predicted molar refractivity (Wildman–Crippen MR) is 93.7 cm³/mol. The number of hydrogen-bond donors (Lipinski definition) is 0. The third-order valence-electron chi connectivity index (χ3n) is 4.32. The van der Waals surface area contributed by atoms with Crippen LogP contribution in [0, 0.1) is 5.92 Å². The number of ether oxygens (including phenoxy) is 1. The van der Waals surface area contributed by atoms with Gasteiger partial charge in [0.25, 0.3) is 0 Å². The summed E-state index contributed by atoms with van der Waals surface area (Å²) in [7, 11) is 1.41. The number of esters is 1. The van der Waals surface area contributed by atoms with E-state index < -0.39 is 5.41 Å². The predicted octanol–water partition coefficient (Wildman–Crippen LogP) is 5.14. The number of methoxy groups -OCH3 is 1. The zero-order valence-corrected chi connectivity index (χ0v) is 14.1. The summed E-state index contributed by atoms with van der Waals surface area (Å²) in [5.74, 6) is -0.147. The molecule has 118 valence electrons. The van der Waals surface area contributed by atoms with E-state index in [0.717, 1.165) is 11.1 Å². The molecule has 0 aliphatic heterocycles. The van der Waals surface area contributed by atoms with Crippen LogP contribution in [0.4, 0.5) is 0 Å². The third-order valence-corrected chi connectivity index (χ3v) is 5.06. The fourth-order valence-electron chi connectivity index (χ4n) is 2.95. The van der Waals surface area contributed by atoms with Gasteiger partial charge in [0.1, 0.15) is 0 Å². The summed E-state index contributed by atoms with van der Waals surface area (Å²) < 4.78 is 5.04. The molecule has 4 heteroatoms. The van der Waals surface area contributed by atoms with E-state index in [2.05, 4.69) is 6.08 Å². The Morgan fingerprint density at radius 3 is 2.57 bits per heavy atom. The maximum absolute atomic E-state index is 12.4. The normalized spacial score (nSPS) is 23.0. The van der Waals surface area contributed by atoms with Crippen molar-refractivity contribution in [1.82, 2.24) is 0 Å². The smallest absolute Gasteiger partial charge is 0.316 e. The van der Waals surface area contributed by atoms with E-state index in [-0.39, 0.29) is 11.9 Å². The molecule has 0 spiro atoms. The van der Waals surface area contributed by atoms with Crippen molar-refractivity contribution in [2.45, 2.75) is 11.8 Å². The summed E-state index contributed by atoms with van der Waals surface area (Å²) in [6.45, 7) is 0. The Morgan fingerprint density at radius 1 is 1.17 bits per heavy atom. The largest absolute Gasteiger partial charge is 0.468 e. The molecule has 2 nitrogen and oxygen atoms in total. The van der Waals surface area contributed by atoms with E-state index in [1.54, 1.807) is 12.1 Å². The van der Waals surface area contributed by atoms with Gasteiger partial charge in [0, 0.05) is 0 Å². The average Bonchev–Trinajstić information content (AvgIpc) is 3.31. The minimum absolute atomic E-state index is 0.0902. The second-order valence-electron chi connectivity index (χ2n) is 5.67. The summed E-state index contributed by atoms with van der Waals surface area (Å²) in [5.41, 5.74) is 1.29. The van der Waals surface area contributed by atoms with Gasteiger partial charge in [-0.25, -0.2) is 0 Å². The van der Waals surface area contributed by atoms with E-state index >= 15 is 0 Å². The van der Waals surface area contributed by atoms with Crippen LogP contribution in [0.5, 0.6) is 0 Å². The molecule has 1 aliphatic rings. The van der Waals surface area contributed by atoms with Crippen molar-refractivity contribution in [3.05, 3.63) is 75.8 Å². The van der Waals surface area contributed by atoms with Crippen molar-refractivity contribution in [2.75, 3.05) is 7.11 Å². The van der Waals surface area contributed by atoms with Crippen molar-refractivity contribution in [1.29, 1.82) is 0 Å². The van der Waals surface area contributed by atoms with Crippen molar-refractivity contribution >= 4 is 35.2 Å². The number of rotatable bonds is 4. The Kier molecular flexibility index (Phi) is 4.47. The molecule has 1 fully saturated rings. The zero-order chi connectivity index (χ0) is 16.4. The minimum atomic E-state index is -0.658. The maximum Gasteiger partial charge on any atom is 0.316 e. The van der Waals surface area contributed by atoms with Crippen LogP contribution in [0.2, 0.25) is 10.0 Å². The van der Waals surface area contributed by atoms with Crippen molar-refractivity contribution in [3.63, 3.8) is 0 Å². The molecule has 0 saturated heterocycles. The first kappa shape index (κ1) is 16.1. The van der Waals surface area contributed by atoms with Crippen LogP contribution in [-0.4, -0.2) is 13.1 Å². The molecule has 0 bridgehead atoms. The van der Waals surface area contributed by atoms with Crippen LogP contribution in [0.15, 0.2) is 54.6 Å². The molecular formula is C19H16Cl2O2. The number of halogens is 2. The number of carbonyl (C=O) groups excluding carboxylic acids is 1. The maximum atomic E-state index is 12.4. The average molecular weight is 347 g/mol. The molecule has 3 rings (SSSR count). The van der Waals surface area contributed by atoms with Crippen molar-refractivity contribution in [2.24, 2.45) is 5.92 Å². The SMILES string of the molecule is COC(=O)C1(c2ccc(Cl)c(Cl)c2)CC1/C=C/c1ccccc1. The molecule has 2 aromatic carbocycles. The van der Waals surface area contributed by atoms with Crippen LogP contribution < -0.4 is 0 Å². The highest BCUT2D eigenvalue weighted by atomic mass is 35.5. The Bertz CT molecular complexity index is 755. The molecule has 0 heterocycles. The lowest BCUT2D eigenvalue weighted by atomic mass is 9.93. The molecular weight excluding hydrogens is 331 g/mol. The highest BCUT2D eigenvalue weighted by Crippen LogP contribution is 2.56. The van der Waals surface area contributed by atoms with Gasteiger partial charge in [0.2, 0.25) is 0 Å². The van der Waals surface area contributed by atoms with Crippen LogP contribution in [0.25, 0.3) is 6.08 Å². The topological polar surface area (TPSA) is 26.3 Å². The van der Waals surface area contributed by atoms with Gasteiger partial charge < -0.3 is 4.74 Å². The van der Waals surface area contributed by atoms with Gasteiger partial charge in [-0.1, -0.05) is 71.8 Å². The summed E-state index contributed by atoms with van der Waals surface area (Å²) in [4.78, 5) is 12.4. The quantitative estimate of drug-likeness (QED) is 0.716. The second-order valence-corrected chi connectivity index (χ2v) is 6.49. The van der Waals surface area contributed by atoms with Crippen LogP contribution in [0.1, 0.15) is 17.5 Å². The van der Waals surface area contributed by atoms with Gasteiger partial charge in [-0.15, -0.1) is 0 Å². The lowest BCUT2D eigenvalue weighted by Crippen LogP contribution is -2.24. The van der Waals surface area contributed by atoms with E-state index in [4.69, 9.17) is 27.9 Å². The summed E-state index contributed by atoms with van der Waals surface area (Å²) in [5, 5.41) is 0.928. The standard InChI is InChI=1S/C19H16Cl2O2/c1-23-18(22)19(14-9-10-16(20)17(21)11-14)12-15(19)8-7-13-5-3-2-4-6-13/h2-11,15H,12H2,1H3/b8-7+. The molecule has 1 aliphatic carbocycles. The number of hydrogen-bond acceptors (Lipinski definition) is 2. The summed E-state index contributed by atoms with van der Waals surface area (Å²) in [6, 6.07) is 15.3. The van der Waals surface area contributed by atoms with Crippen LogP contribution in [-0.2, 0) is 14.9 Å². The molecule has 2 aromatic rings. The molecule has 0 aromatic heterocycles. The third kappa shape index (κ3) is 3.01. The van der Waals surface area contributed by atoms with Gasteiger partial charge in [-0.2, -0.15) is 0 Å². The molecule has 2 atom stereocenters. The fraction of sp³-hybridized carbons (Fsp3) is 0.211. The lowest BCUT2D eigenvalue weighted by molar-refractivity contribution is -0.144. The number of allylic oxidation sites excluding steroid dienone is 1. The Morgan fingerprint density at radius 2 is 1.91 bits per heavy atom. The Labute approximate surface area is 145 Å². The lowest BCUT2D eigenvalue weighted by Gasteiger charge is -2.15. The first-order valence-corrected chi connectivity index (χ1v) is 8.10. The molecule has 1 saturated carbocycles. The molecule has 0 N–H and O–H groups in total. The van der Waals surface area contributed by atoms with Crippen LogP contribution >= 0.6 is 23.2 Å². The summed E-state index contributed by atoms with van der Waals surface area (Å²) >= 11 is 12.1. The second kappa shape index (κ2) is 6.38. The molecule has 0 amide bonds. The van der Waals surface area contributed by atoms with E-state index in [0.29, 0.717) is 16.5 Å². The van der Waals surface area contributed by atoms with Crippen molar-refractivity contribution in [3.8, 4) is 0 Å². The van der Waals surface area contributed by atoms with Crippen molar-refractivity contribution < 1.29 is 9.53 Å². The highest BCUT2D eigenvalue weighted by Gasteiger charge is 2.61. The fourth-order valence-corrected chi connectivity index (χ4v) is 3.25. The first-order valence-electron chi connectivity index (χ1n) is 7.35. The van der Waals surface area contributed by atoms with Gasteiger partial charge in [0.15, 0.2) is 0 Å². The number of benzene rings is 2. The Balaban J connectivity index is 1.90. The number of carbonyl (C=O) groups is 1. The molecule has 23 heavy (non-hydrogen) atoms. The highest BCUT2D eigenvalue weighted by molar-refractivity contribution is 6.42. The van der Waals surface area contributed by atoms with E-state index in [9.17, 15) is 4.79 Å². The van der Waals surface area contributed by atoms with Gasteiger partial charge in [-0.05, 0) is 35.6 Å². The van der Waals surface area contributed by atoms with Gasteiger partial charge >= 0.3 is 5.97 Å². The minimum Gasteiger partial charge on any atom is -0.468 e. The Hall–Kier alpha value is -1.77. The van der Waals surface area contributed by atoms with E-state index in [1.807, 2.05) is 42.5 Å². The molecule has 2 unspecified atom stereocenters. The molecule has 0 radical (unpaired) electrons. The van der Waals surface area contributed by atoms with E-state index in [1.165, 1.54) is 7.11 Å². The van der Waals surface area contributed by atoms with Crippen LogP contribution in [0.3, 0.4) is 0 Å². The van der Waals surface area contributed by atoms with Gasteiger partial charge in [-0.3, -0.25) is 4.79 Å². The zero-order valence-electron chi connectivity index (χ0n) is 12.6. The summed E-state index contributed by atoms with van der Waals surface area (Å²) in [6.07, 6.45) is 4.81. The monoisotopic (exact) mass is 346 g/mol. The van der Waals surface area contributed by atoms with Gasteiger partial charge in [0.05, 0.1) is 22.6 Å².